The molecule has 1 amide bonds. The van der Waals surface area contributed by atoms with Gasteiger partial charge in [-0.1, -0.05) is 0 Å². The number of halogens is 1. The number of piperidine rings is 1. The van der Waals surface area contributed by atoms with Gasteiger partial charge in [0.1, 0.15) is 4.88 Å². The van der Waals surface area contributed by atoms with Crippen LogP contribution in [0.5, 0.6) is 0 Å². The van der Waals surface area contributed by atoms with E-state index < -0.39 is 6.10 Å². The largest absolute Gasteiger partial charge is 0.397 e. The molecule has 0 spiro atoms. The van der Waals surface area contributed by atoms with E-state index in [2.05, 4.69) is 0 Å². The maximum Gasteiger partial charge on any atom is 0.266 e. The van der Waals surface area contributed by atoms with E-state index in [1.54, 1.807) is 16.3 Å². The average Bonchev–Trinajstić information content (AvgIpc) is 2.67. The summed E-state index contributed by atoms with van der Waals surface area (Å²) in [5, 5.41) is 11.4. The molecular formula is C10H16ClN3O2S. The van der Waals surface area contributed by atoms with Crippen LogP contribution in [-0.2, 0) is 0 Å². The molecule has 1 aliphatic rings. The van der Waals surface area contributed by atoms with Gasteiger partial charge in [0.05, 0.1) is 11.8 Å². The third-order valence-corrected chi connectivity index (χ3v) is 3.73. The van der Waals surface area contributed by atoms with Crippen molar-refractivity contribution in [2.75, 3.05) is 18.8 Å². The van der Waals surface area contributed by atoms with Gasteiger partial charge in [-0.05, 0) is 17.9 Å². The number of rotatable bonds is 1. The number of hydrogen-bond donors (Lipinski definition) is 3. The number of thiophene rings is 1. The fraction of sp³-hybridized carbons (Fsp3) is 0.500. The van der Waals surface area contributed by atoms with Crippen molar-refractivity contribution in [1.29, 1.82) is 0 Å². The molecule has 1 fully saturated rings. The molecule has 17 heavy (non-hydrogen) atoms. The Hall–Kier alpha value is -0.820. The van der Waals surface area contributed by atoms with Crippen LogP contribution in [0.15, 0.2) is 11.4 Å². The van der Waals surface area contributed by atoms with E-state index in [9.17, 15) is 9.90 Å². The molecule has 0 aromatic carbocycles. The number of carbonyl (C=O) groups excluding carboxylic acids is 1. The zero-order valence-corrected chi connectivity index (χ0v) is 10.8. The number of aliphatic hydroxyl groups excluding tert-OH is 1. The van der Waals surface area contributed by atoms with Gasteiger partial charge in [0, 0.05) is 19.1 Å². The zero-order chi connectivity index (χ0) is 11.7. The quantitative estimate of drug-likeness (QED) is 0.688. The van der Waals surface area contributed by atoms with Gasteiger partial charge >= 0.3 is 0 Å². The summed E-state index contributed by atoms with van der Waals surface area (Å²) in [6.45, 7) is 0.867. The number of nitrogens with two attached hydrogens (primary N) is 2. The fourth-order valence-electron chi connectivity index (χ4n) is 1.77. The van der Waals surface area contributed by atoms with E-state index in [-0.39, 0.29) is 30.9 Å². The Kier molecular flexibility index (Phi) is 4.76. The van der Waals surface area contributed by atoms with Crippen LogP contribution in [0.2, 0.25) is 0 Å². The first kappa shape index (κ1) is 14.2. The van der Waals surface area contributed by atoms with E-state index in [1.807, 2.05) is 0 Å². The van der Waals surface area contributed by atoms with E-state index in [0.29, 0.717) is 23.5 Å². The molecule has 2 heterocycles. The van der Waals surface area contributed by atoms with Crippen LogP contribution in [0, 0.1) is 0 Å². The molecular weight excluding hydrogens is 262 g/mol. The predicted octanol–water partition coefficient (Wildman–Crippen LogP) is 0.286. The van der Waals surface area contributed by atoms with Crippen LogP contribution >= 0.6 is 23.7 Å². The van der Waals surface area contributed by atoms with Crippen LogP contribution in [0.3, 0.4) is 0 Å². The average molecular weight is 278 g/mol. The topological polar surface area (TPSA) is 92.6 Å². The molecule has 5 nitrogen and oxygen atoms in total. The fourth-order valence-corrected chi connectivity index (χ4v) is 2.56. The molecule has 0 aliphatic carbocycles. The highest BCUT2D eigenvalue weighted by atomic mass is 35.5. The van der Waals surface area contributed by atoms with Gasteiger partial charge in [0.2, 0.25) is 0 Å². The minimum atomic E-state index is -0.640. The molecule has 0 radical (unpaired) electrons. The molecule has 1 aromatic heterocycles. The number of likely N-dealkylation sites (tertiary alicyclic amines) is 1. The van der Waals surface area contributed by atoms with E-state index >= 15 is 0 Å². The van der Waals surface area contributed by atoms with Crippen molar-refractivity contribution in [3.63, 3.8) is 0 Å². The SMILES string of the molecule is Cl.Nc1ccsc1C(=O)N1CC[C@@H](N)[C@H](O)C1. The standard InChI is InChI=1S/C10H15N3O2S.ClH/c11-6-1-3-13(5-8(6)14)10(15)9-7(12)2-4-16-9;/h2,4,6,8,14H,1,3,5,11-12H2;1H/t6-,8-;/m1./s1. The molecule has 1 saturated heterocycles. The Morgan fingerprint density at radius 3 is 2.82 bits per heavy atom. The minimum absolute atomic E-state index is 0. The highest BCUT2D eigenvalue weighted by Crippen LogP contribution is 2.22. The Bertz CT molecular complexity index is 399. The third-order valence-electron chi connectivity index (χ3n) is 2.81. The molecule has 0 saturated carbocycles. The number of anilines is 1. The van der Waals surface area contributed by atoms with Gasteiger partial charge in [-0.15, -0.1) is 23.7 Å². The summed E-state index contributed by atoms with van der Waals surface area (Å²) in [7, 11) is 0. The summed E-state index contributed by atoms with van der Waals surface area (Å²) in [6, 6.07) is 1.48. The lowest BCUT2D eigenvalue weighted by molar-refractivity contribution is 0.0399. The van der Waals surface area contributed by atoms with E-state index in [0.717, 1.165) is 0 Å². The number of nitrogen functional groups attached to an aromatic ring is 1. The maximum atomic E-state index is 12.0. The summed E-state index contributed by atoms with van der Waals surface area (Å²) in [5.41, 5.74) is 11.9. The molecule has 2 rings (SSSR count). The van der Waals surface area contributed by atoms with Gasteiger partial charge in [0.25, 0.3) is 5.91 Å². The number of β-amino-alcohol motifs (C(OH)–C–C–N with tert-alkyl or cyclic N) is 1. The molecule has 7 heteroatoms. The first-order valence-corrected chi connectivity index (χ1v) is 6.03. The summed E-state index contributed by atoms with van der Waals surface area (Å²) >= 11 is 1.32. The van der Waals surface area contributed by atoms with Crippen LogP contribution in [-0.4, -0.2) is 41.1 Å². The van der Waals surface area contributed by atoms with Crippen LogP contribution in [0.1, 0.15) is 16.1 Å². The summed E-state index contributed by atoms with van der Waals surface area (Å²) in [5.74, 6) is -0.113. The van der Waals surface area contributed by atoms with Crippen LogP contribution in [0.4, 0.5) is 5.69 Å². The lowest BCUT2D eigenvalue weighted by atomic mass is 10.0. The Morgan fingerprint density at radius 2 is 2.29 bits per heavy atom. The smallest absolute Gasteiger partial charge is 0.266 e. The number of amides is 1. The Labute approximate surface area is 110 Å². The molecule has 0 unspecified atom stereocenters. The third kappa shape index (κ3) is 2.90. The van der Waals surface area contributed by atoms with E-state index in [4.69, 9.17) is 11.5 Å². The molecule has 1 aliphatic heterocycles. The molecule has 5 N–H and O–H groups in total. The predicted molar refractivity (Wildman–Crippen MR) is 70.5 cm³/mol. The number of hydrogen-bond acceptors (Lipinski definition) is 5. The summed E-state index contributed by atoms with van der Waals surface area (Å²) in [4.78, 5) is 14.2. The van der Waals surface area contributed by atoms with Gasteiger partial charge in [-0.3, -0.25) is 4.79 Å². The van der Waals surface area contributed by atoms with Crippen LogP contribution in [0.25, 0.3) is 0 Å². The monoisotopic (exact) mass is 277 g/mol. The van der Waals surface area contributed by atoms with E-state index in [1.165, 1.54) is 11.3 Å². The highest BCUT2D eigenvalue weighted by molar-refractivity contribution is 7.12. The van der Waals surface area contributed by atoms with Crippen molar-refractivity contribution in [2.24, 2.45) is 5.73 Å². The zero-order valence-electron chi connectivity index (χ0n) is 9.20. The molecule has 2 atom stereocenters. The minimum Gasteiger partial charge on any atom is -0.397 e. The normalized spacial score (nSPS) is 24.2. The highest BCUT2D eigenvalue weighted by Gasteiger charge is 2.29. The van der Waals surface area contributed by atoms with Gasteiger partial charge in [-0.25, -0.2) is 0 Å². The van der Waals surface area contributed by atoms with Crippen molar-refractivity contribution in [2.45, 2.75) is 18.6 Å². The van der Waals surface area contributed by atoms with Gasteiger partial charge < -0.3 is 21.5 Å². The van der Waals surface area contributed by atoms with Crippen molar-refractivity contribution in [3.05, 3.63) is 16.3 Å². The second-order valence-corrected chi connectivity index (χ2v) is 4.89. The summed E-state index contributed by atoms with van der Waals surface area (Å²) < 4.78 is 0. The summed E-state index contributed by atoms with van der Waals surface area (Å²) in [6.07, 6.45) is -0.0167. The van der Waals surface area contributed by atoms with Crippen LogP contribution < -0.4 is 11.5 Å². The van der Waals surface area contributed by atoms with Crippen molar-refractivity contribution < 1.29 is 9.90 Å². The lowest BCUT2D eigenvalue weighted by Crippen LogP contribution is -2.52. The Balaban J connectivity index is 0.00000144. The number of carbonyl (C=O) groups is 1. The second-order valence-electron chi connectivity index (χ2n) is 3.98. The second kappa shape index (κ2) is 5.68. The molecule has 1 aromatic rings. The lowest BCUT2D eigenvalue weighted by Gasteiger charge is -2.33. The van der Waals surface area contributed by atoms with Crippen molar-refractivity contribution in [3.8, 4) is 0 Å². The van der Waals surface area contributed by atoms with Crippen molar-refractivity contribution >= 4 is 35.3 Å². The van der Waals surface area contributed by atoms with Gasteiger partial charge in [-0.2, -0.15) is 0 Å². The van der Waals surface area contributed by atoms with Gasteiger partial charge in [0.15, 0.2) is 0 Å². The van der Waals surface area contributed by atoms with Crippen molar-refractivity contribution in [1.82, 2.24) is 4.90 Å². The Morgan fingerprint density at radius 1 is 1.59 bits per heavy atom. The number of aliphatic hydroxyl groups is 1. The molecule has 0 bridgehead atoms. The first-order chi connectivity index (χ1) is 7.59. The number of nitrogens with zero attached hydrogens (tertiary/aromatic N) is 1. The first-order valence-electron chi connectivity index (χ1n) is 5.15. The maximum absolute atomic E-state index is 12.0. The molecule has 96 valence electrons.